The summed E-state index contributed by atoms with van der Waals surface area (Å²) in [5.41, 5.74) is 2.98. The van der Waals surface area contributed by atoms with Crippen LogP contribution in [-0.4, -0.2) is 29.9 Å². The van der Waals surface area contributed by atoms with Crippen molar-refractivity contribution in [1.29, 1.82) is 0 Å². The fraction of sp³-hybridized carbons (Fsp3) is 0.130. The van der Waals surface area contributed by atoms with Gasteiger partial charge in [-0.25, -0.2) is 0 Å². The highest BCUT2D eigenvalue weighted by molar-refractivity contribution is 6.31. The van der Waals surface area contributed by atoms with Gasteiger partial charge in [0.05, 0.1) is 12.8 Å². The second-order valence-corrected chi connectivity index (χ2v) is 7.23. The summed E-state index contributed by atoms with van der Waals surface area (Å²) in [6.45, 7) is 0.184. The molecule has 30 heavy (non-hydrogen) atoms. The average Bonchev–Trinajstić information content (AvgIpc) is 3.44. The van der Waals surface area contributed by atoms with E-state index in [0.717, 1.165) is 22.0 Å². The Bertz CT molecular complexity index is 1170. The van der Waals surface area contributed by atoms with Crippen molar-refractivity contribution in [3.63, 3.8) is 0 Å². The number of para-hydroxylation sites is 1. The van der Waals surface area contributed by atoms with Crippen molar-refractivity contribution < 1.29 is 14.0 Å². The van der Waals surface area contributed by atoms with E-state index >= 15 is 0 Å². The quantitative estimate of drug-likeness (QED) is 0.420. The van der Waals surface area contributed by atoms with Gasteiger partial charge in [-0.05, 0) is 35.4 Å². The average molecular weight is 422 g/mol. The maximum absolute atomic E-state index is 12.4. The van der Waals surface area contributed by atoms with Crippen LogP contribution in [0.3, 0.4) is 0 Å². The highest BCUT2D eigenvalue weighted by Gasteiger charge is 2.21. The van der Waals surface area contributed by atoms with E-state index in [-0.39, 0.29) is 24.1 Å². The molecule has 0 bridgehead atoms. The van der Waals surface area contributed by atoms with E-state index < -0.39 is 5.91 Å². The summed E-state index contributed by atoms with van der Waals surface area (Å²) in [6.07, 6.45) is 3.36. The molecule has 0 saturated heterocycles. The second-order valence-electron chi connectivity index (χ2n) is 6.83. The molecule has 2 heterocycles. The number of hydrogen-bond donors (Lipinski definition) is 3. The molecule has 6 nitrogen and oxygen atoms in total. The molecule has 0 spiro atoms. The number of halogens is 1. The minimum absolute atomic E-state index is 0.150. The maximum atomic E-state index is 12.4. The lowest BCUT2D eigenvalue weighted by Gasteiger charge is -2.19. The number of carbonyl (C=O) groups excluding carboxylic acids is 2. The molecular weight excluding hydrogens is 402 g/mol. The predicted octanol–water partition coefficient (Wildman–Crippen LogP) is 4.09. The topological polar surface area (TPSA) is 87.1 Å². The smallest absolute Gasteiger partial charge is 0.287 e. The Morgan fingerprint density at radius 2 is 1.77 bits per heavy atom. The van der Waals surface area contributed by atoms with E-state index in [2.05, 4.69) is 15.6 Å². The van der Waals surface area contributed by atoms with Gasteiger partial charge in [-0.3, -0.25) is 9.59 Å². The molecule has 1 atom stereocenters. The molecule has 0 aliphatic heterocycles. The van der Waals surface area contributed by atoms with E-state index in [1.54, 1.807) is 6.07 Å². The van der Waals surface area contributed by atoms with E-state index in [1.165, 1.54) is 12.3 Å². The van der Waals surface area contributed by atoms with Gasteiger partial charge in [-0.2, -0.15) is 0 Å². The number of nitrogens with one attached hydrogen (secondary N) is 3. The summed E-state index contributed by atoms with van der Waals surface area (Å²) in [4.78, 5) is 27.6. The Balaban J connectivity index is 1.50. The lowest BCUT2D eigenvalue weighted by molar-refractivity contribution is -0.120. The number of rotatable bonds is 7. The summed E-state index contributed by atoms with van der Waals surface area (Å²) in [6, 6.07) is 18.7. The van der Waals surface area contributed by atoms with E-state index in [9.17, 15) is 9.59 Å². The monoisotopic (exact) mass is 421 g/mol. The largest absolute Gasteiger partial charge is 0.459 e. The predicted molar refractivity (Wildman–Crippen MR) is 116 cm³/mol. The Morgan fingerprint density at radius 1 is 0.967 bits per heavy atom. The van der Waals surface area contributed by atoms with Crippen LogP contribution in [0.15, 0.2) is 77.5 Å². The number of H-pyrrole nitrogens is 1. The fourth-order valence-corrected chi connectivity index (χ4v) is 3.73. The molecule has 0 saturated carbocycles. The van der Waals surface area contributed by atoms with Crippen LogP contribution in [0.1, 0.15) is 27.6 Å². The van der Waals surface area contributed by atoms with Crippen LogP contribution in [0.25, 0.3) is 10.9 Å². The fourth-order valence-electron chi connectivity index (χ4n) is 3.46. The Labute approximate surface area is 178 Å². The van der Waals surface area contributed by atoms with Crippen LogP contribution < -0.4 is 10.6 Å². The highest BCUT2D eigenvalue weighted by atomic mass is 35.5. The SMILES string of the molecule is O=C(CNC(=O)c1ccco1)NC[C@H](c1ccccc1Cl)c1c[nH]c2ccccc12. The van der Waals surface area contributed by atoms with Crippen LogP contribution in [0.4, 0.5) is 0 Å². The number of aromatic nitrogens is 1. The third-order valence-corrected chi connectivity index (χ3v) is 5.28. The van der Waals surface area contributed by atoms with Crippen molar-refractivity contribution in [3.8, 4) is 0 Å². The van der Waals surface area contributed by atoms with Crippen molar-refractivity contribution in [1.82, 2.24) is 15.6 Å². The first-order chi connectivity index (χ1) is 14.6. The molecule has 3 N–H and O–H groups in total. The summed E-state index contributed by atoms with van der Waals surface area (Å²) in [7, 11) is 0. The van der Waals surface area contributed by atoms with Gasteiger partial charge in [0.25, 0.3) is 5.91 Å². The minimum atomic E-state index is -0.436. The van der Waals surface area contributed by atoms with Crippen molar-refractivity contribution >= 4 is 34.3 Å². The zero-order valence-electron chi connectivity index (χ0n) is 16.0. The standard InChI is InChI=1S/C23H20ClN3O3/c24-19-8-3-1-6-15(19)17(18-12-25-20-9-4-2-7-16(18)20)13-26-22(28)14-27-23(29)21-10-5-11-30-21/h1-12,17,25H,13-14H2,(H,26,28)(H,27,29)/t17-/m1/s1. The van der Waals surface area contributed by atoms with Crippen molar-refractivity contribution in [3.05, 3.63) is 95.0 Å². The van der Waals surface area contributed by atoms with Crippen molar-refractivity contribution in [2.45, 2.75) is 5.92 Å². The molecule has 0 radical (unpaired) electrons. The van der Waals surface area contributed by atoms with Crippen LogP contribution in [-0.2, 0) is 4.79 Å². The zero-order chi connectivity index (χ0) is 20.9. The highest BCUT2D eigenvalue weighted by Crippen LogP contribution is 2.33. The van der Waals surface area contributed by atoms with Gasteiger partial charge in [0.2, 0.25) is 5.91 Å². The minimum Gasteiger partial charge on any atom is -0.459 e. The first kappa shape index (κ1) is 19.8. The molecule has 7 heteroatoms. The number of carbonyl (C=O) groups is 2. The van der Waals surface area contributed by atoms with Crippen molar-refractivity contribution in [2.75, 3.05) is 13.1 Å². The lowest BCUT2D eigenvalue weighted by Crippen LogP contribution is -2.38. The van der Waals surface area contributed by atoms with Gasteiger partial charge >= 0.3 is 0 Å². The zero-order valence-corrected chi connectivity index (χ0v) is 16.8. The van der Waals surface area contributed by atoms with Gasteiger partial charge < -0.3 is 20.0 Å². The van der Waals surface area contributed by atoms with Gasteiger partial charge in [-0.15, -0.1) is 0 Å². The molecule has 0 aliphatic carbocycles. The third-order valence-electron chi connectivity index (χ3n) is 4.94. The summed E-state index contributed by atoms with van der Waals surface area (Å²) < 4.78 is 5.02. The Hall–Kier alpha value is -3.51. The molecule has 4 aromatic rings. The van der Waals surface area contributed by atoms with Gasteiger partial charge in [0.1, 0.15) is 0 Å². The number of furan rings is 1. The maximum Gasteiger partial charge on any atom is 0.287 e. The molecule has 0 unspecified atom stereocenters. The molecule has 2 aromatic carbocycles. The molecule has 0 fully saturated rings. The van der Waals surface area contributed by atoms with Gasteiger partial charge in [0.15, 0.2) is 5.76 Å². The molecule has 0 aliphatic rings. The number of fused-ring (bicyclic) bond motifs is 1. The summed E-state index contributed by atoms with van der Waals surface area (Å²) in [5, 5.41) is 7.16. The molecular formula is C23H20ClN3O3. The molecule has 4 rings (SSSR count). The lowest BCUT2D eigenvalue weighted by atomic mass is 9.90. The van der Waals surface area contributed by atoms with Crippen LogP contribution >= 0.6 is 11.6 Å². The third kappa shape index (κ3) is 4.23. The van der Waals surface area contributed by atoms with Crippen LogP contribution in [0.5, 0.6) is 0 Å². The molecule has 2 aromatic heterocycles. The number of amides is 2. The van der Waals surface area contributed by atoms with E-state index in [1.807, 2.05) is 54.7 Å². The summed E-state index contributed by atoms with van der Waals surface area (Å²) >= 11 is 6.47. The van der Waals surface area contributed by atoms with E-state index in [0.29, 0.717) is 11.6 Å². The number of benzene rings is 2. The Kier molecular flexibility index (Phi) is 5.86. The number of aromatic amines is 1. The number of hydrogen-bond acceptors (Lipinski definition) is 3. The first-order valence-corrected chi connectivity index (χ1v) is 9.90. The summed E-state index contributed by atoms with van der Waals surface area (Å²) in [5.74, 6) is -0.726. The molecule has 152 valence electrons. The van der Waals surface area contributed by atoms with Crippen molar-refractivity contribution in [2.24, 2.45) is 0 Å². The first-order valence-electron chi connectivity index (χ1n) is 9.52. The van der Waals surface area contributed by atoms with Gasteiger partial charge in [-0.1, -0.05) is 48.0 Å². The molecule has 2 amide bonds. The van der Waals surface area contributed by atoms with Gasteiger partial charge in [0, 0.05) is 34.6 Å². The van der Waals surface area contributed by atoms with Crippen LogP contribution in [0.2, 0.25) is 5.02 Å². The normalized spacial score (nSPS) is 11.9. The Morgan fingerprint density at radius 3 is 2.57 bits per heavy atom. The van der Waals surface area contributed by atoms with Crippen LogP contribution in [0, 0.1) is 0 Å². The van der Waals surface area contributed by atoms with E-state index in [4.69, 9.17) is 16.0 Å². The second kappa shape index (κ2) is 8.88.